The summed E-state index contributed by atoms with van der Waals surface area (Å²) in [6.07, 6.45) is -0.770. The minimum Gasteiger partial charge on any atom is -0.355 e. The smallest absolute Gasteiger partial charge is 0.355 e. The first-order valence-corrected chi connectivity index (χ1v) is 6.55. The molecule has 2 saturated heterocycles. The van der Waals surface area contributed by atoms with Gasteiger partial charge in [-0.15, -0.1) is 0 Å². The highest BCUT2D eigenvalue weighted by Gasteiger charge is 2.36. The van der Waals surface area contributed by atoms with Crippen molar-refractivity contribution in [3.05, 3.63) is 23.9 Å². The van der Waals surface area contributed by atoms with E-state index in [1.165, 1.54) is 6.20 Å². The zero-order valence-electron chi connectivity index (χ0n) is 10.5. The van der Waals surface area contributed by atoms with Crippen molar-refractivity contribution in [1.82, 2.24) is 10.3 Å². The quantitative estimate of drug-likeness (QED) is 0.849. The van der Waals surface area contributed by atoms with Crippen LogP contribution in [0.3, 0.4) is 0 Å². The van der Waals surface area contributed by atoms with Crippen LogP contribution in [0.2, 0.25) is 0 Å². The summed E-state index contributed by atoms with van der Waals surface area (Å²) in [4.78, 5) is 6.05. The Morgan fingerprint density at radius 3 is 2.89 bits per heavy atom. The molecule has 0 aromatic carbocycles. The van der Waals surface area contributed by atoms with Crippen molar-refractivity contribution in [2.75, 3.05) is 24.5 Å². The predicted molar refractivity (Wildman–Crippen MR) is 66.0 cm³/mol. The molecule has 0 spiro atoms. The highest BCUT2D eigenvalue weighted by Crippen LogP contribution is 2.33. The molecule has 2 fully saturated rings. The molecule has 1 aromatic heterocycles. The lowest BCUT2D eigenvalue weighted by molar-refractivity contribution is -0.137. The first-order chi connectivity index (χ1) is 9.04. The van der Waals surface area contributed by atoms with E-state index in [2.05, 4.69) is 10.3 Å². The van der Waals surface area contributed by atoms with Crippen LogP contribution in [0.5, 0.6) is 0 Å². The van der Waals surface area contributed by atoms with Gasteiger partial charge in [-0.25, -0.2) is 4.98 Å². The third-order valence-electron chi connectivity index (χ3n) is 4.00. The maximum atomic E-state index is 12.7. The van der Waals surface area contributed by atoms with Crippen LogP contribution in [-0.2, 0) is 6.18 Å². The molecule has 3 heterocycles. The fraction of sp³-hybridized carbons (Fsp3) is 0.615. The summed E-state index contributed by atoms with van der Waals surface area (Å²) in [7, 11) is 0. The van der Waals surface area contributed by atoms with Gasteiger partial charge in [-0.2, -0.15) is 13.2 Å². The fourth-order valence-electron chi connectivity index (χ4n) is 3.00. The van der Waals surface area contributed by atoms with E-state index in [4.69, 9.17) is 0 Å². The van der Waals surface area contributed by atoms with Crippen molar-refractivity contribution in [2.45, 2.75) is 25.1 Å². The largest absolute Gasteiger partial charge is 0.416 e. The van der Waals surface area contributed by atoms with Crippen LogP contribution in [0.1, 0.15) is 18.4 Å². The molecule has 104 valence electrons. The Balaban J connectivity index is 1.80. The number of halogens is 3. The van der Waals surface area contributed by atoms with Crippen LogP contribution in [0, 0.1) is 5.92 Å². The van der Waals surface area contributed by atoms with Crippen molar-refractivity contribution in [2.24, 2.45) is 5.92 Å². The number of fused-ring (bicyclic) bond motifs is 1. The van der Waals surface area contributed by atoms with Gasteiger partial charge in [0, 0.05) is 25.3 Å². The van der Waals surface area contributed by atoms with Gasteiger partial charge in [0.05, 0.1) is 5.56 Å². The molecule has 0 bridgehead atoms. The number of aromatic nitrogens is 1. The van der Waals surface area contributed by atoms with E-state index in [1.54, 1.807) is 0 Å². The molecular weight excluding hydrogens is 255 g/mol. The van der Waals surface area contributed by atoms with E-state index >= 15 is 0 Å². The van der Waals surface area contributed by atoms with Crippen molar-refractivity contribution < 1.29 is 13.2 Å². The minimum absolute atomic E-state index is 0.394. The molecule has 1 aromatic rings. The minimum atomic E-state index is -4.30. The molecule has 19 heavy (non-hydrogen) atoms. The SMILES string of the molecule is FC(F)(F)c1ccnc(N2CC3CCCNC3C2)c1. The molecule has 0 amide bonds. The summed E-state index contributed by atoms with van der Waals surface area (Å²) in [5.41, 5.74) is -0.625. The topological polar surface area (TPSA) is 28.2 Å². The lowest BCUT2D eigenvalue weighted by Crippen LogP contribution is -2.40. The van der Waals surface area contributed by atoms with Crippen molar-refractivity contribution in [1.29, 1.82) is 0 Å². The lowest BCUT2D eigenvalue weighted by atomic mass is 9.94. The summed E-state index contributed by atoms with van der Waals surface area (Å²) in [6.45, 7) is 2.55. The van der Waals surface area contributed by atoms with E-state index in [0.717, 1.165) is 44.6 Å². The average Bonchev–Trinajstić information content (AvgIpc) is 2.81. The van der Waals surface area contributed by atoms with Gasteiger partial charge in [0.2, 0.25) is 0 Å². The van der Waals surface area contributed by atoms with Crippen molar-refractivity contribution in [3.8, 4) is 0 Å². The Morgan fingerprint density at radius 2 is 2.16 bits per heavy atom. The van der Waals surface area contributed by atoms with Gasteiger partial charge in [0.1, 0.15) is 5.82 Å². The second kappa shape index (κ2) is 4.67. The van der Waals surface area contributed by atoms with Crippen LogP contribution in [0.4, 0.5) is 19.0 Å². The van der Waals surface area contributed by atoms with Crippen LogP contribution >= 0.6 is 0 Å². The van der Waals surface area contributed by atoms with Gasteiger partial charge in [-0.05, 0) is 37.4 Å². The maximum absolute atomic E-state index is 12.7. The second-order valence-electron chi connectivity index (χ2n) is 5.27. The van der Waals surface area contributed by atoms with Gasteiger partial charge in [0.25, 0.3) is 0 Å². The van der Waals surface area contributed by atoms with Gasteiger partial charge < -0.3 is 10.2 Å². The van der Waals surface area contributed by atoms with Gasteiger partial charge in [0.15, 0.2) is 0 Å². The number of hydrogen-bond donors (Lipinski definition) is 1. The predicted octanol–water partition coefficient (Wildman–Crippen LogP) is 2.29. The third kappa shape index (κ3) is 2.54. The highest BCUT2D eigenvalue weighted by molar-refractivity contribution is 5.43. The number of nitrogens with zero attached hydrogens (tertiary/aromatic N) is 2. The summed E-state index contributed by atoms with van der Waals surface area (Å²) in [6, 6.07) is 2.56. The first kappa shape index (κ1) is 12.7. The normalized spacial score (nSPS) is 27.4. The third-order valence-corrected chi connectivity index (χ3v) is 4.00. The van der Waals surface area contributed by atoms with Crippen LogP contribution < -0.4 is 10.2 Å². The second-order valence-corrected chi connectivity index (χ2v) is 5.27. The number of piperidine rings is 1. The monoisotopic (exact) mass is 271 g/mol. The summed E-state index contributed by atoms with van der Waals surface area (Å²) >= 11 is 0. The Kier molecular flexibility index (Phi) is 3.12. The number of anilines is 1. The molecule has 0 saturated carbocycles. The molecule has 6 heteroatoms. The molecule has 0 aliphatic carbocycles. The Morgan fingerprint density at radius 1 is 1.32 bits per heavy atom. The van der Waals surface area contributed by atoms with Gasteiger partial charge >= 0.3 is 6.18 Å². The van der Waals surface area contributed by atoms with E-state index in [-0.39, 0.29) is 0 Å². The molecule has 2 aliphatic heterocycles. The average molecular weight is 271 g/mol. The molecule has 3 nitrogen and oxygen atoms in total. The van der Waals surface area contributed by atoms with Gasteiger partial charge in [-0.1, -0.05) is 0 Å². The number of nitrogens with one attached hydrogen (secondary N) is 1. The Labute approximate surface area is 109 Å². The summed E-state index contributed by atoms with van der Waals surface area (Å²) in [5.74, 6) is 0.969. The first-order valence-electron chi connectivity index (χ1n) is 6.55. The Hall–Kier alpha value is -1.30. The summed E-state index contributed by atoms with van der Waals surface area (Å²) in [5, 5.41) is 3.43. The lowest BCUT2D eigenvalue weighted by Gasteiger charge is -2.24. The molecular formula is C13H16F3N3. The molecule has 2 atom stereocenters. The molecule has 1 N–H and O–H groups in total. The van der Waals surface area contributed by atoms with Crippen molar-refractivity contribution in [3.63, 3.8) is 0 Å². The standard InChI is InChI=1S/C13H16F3N3/c14-13(15,16)10-3-5-18-12(6-10)19-7-9-2-1-4-17-11(9)8-19/h3,5-6,9,11,17H,1-2,4,7-8H2. The number of alkyl halides is 3. The maximum Gasteiger partial charge on any atom is 0.416 e. The van der Waals surface area contributed by atoms with E-state index < -0.39 is 11.7 Å². The number of rotatable bonds is 1. The molecule has 2 aliphatic rings. The highest BCUT2D eigenvalue weighted by atomic mass is 19.4. The van der Waals surface area contributed by atoms with Crippen LogP contribution in [0.25, 0.3) is 0 Å². The van der Waals surface area contributed by atoms with Crippen LogP contribution in [0.15, 0.2) is 18.3 Å². The molecule has 3 rings (SSSR count). The molecule has 0 radical (unpaired) electrons. The van der Waals surface area contributed by atoms with Crippen molar-refractivity contribution >= 4 is 5.82 Å². The zero-order chi connectivity index (χ0) is 13.5. The summed E-state index contributed by atoms with van der Waals surface area (Å²) < 4.78 is 38.1. The number of hydrogen-bond acceptors (Lipinski definition) is 3. The Bertz CT molecular complexity index is 447. The van der Waals surface area contributed by atoms with Crippen LogP contribution in [-0.4, -0.2) is 30.7 Å². The van der Waals surface area contributed by atoms with E-state index in [1.807, 2.05) is 4.90 Å². The fourth-order valence-corrected chi connectivity index (χ4v) is 3.00. The zero-order valence-corrected chi connectivity index (χ0v) is 10.5. The molecule has 2 unspecified atom stereocenters. The number of pyridine rings is 1. The van der Waals surface area contributed by atoms with Gasteiger partial charge in [-0.3, -0.25) is 0 Å². The van der Waals surface area contributed by atoms with E-state index in [0.29, 0.717) is 17.8 Å². The van der Waals surface area contributed by atoms with E-state index in [9.17, 15) is 13.2 Å².